The molecule has 2 aromatic carbocycles. The van der Waals surface area contributed by atoms with Crippen molar-refractivity contribution in [3.63, 3.8) is 0 Å². The summed E-state index contributed by atoms with van der Waals surface area (Å²) in [7, 11) is 1.60. The maximum Gasteiger partial charge on any atom is 0.335 e. The minimum absolute atomic E-state index is 0.250. The number of hydrogen-bond acceptors (Lipinski definition) is 3. The molecule has 104 valence electrons. The molecule has 5 heteroatoms. The Balaban J connectivity index is 2.09. The summed E-state index contributed by atoms with van der Waals surface area (Å²) < 4.78 is 11.5. The van der Waals surface area contributed by atoms with Gasteiger partial charge in [-0.2, -0.15) is 0 Å². The molecule has 2 aromatic rings. The van der Waals surface area contributed by atoms with E-state index in [2.05, 4.69) is 15.9 Å². The summed E-state index contributed by atoms with van der Waals surface area (Å²) in [6, 6.07) is 12.1. The van der Waals surface area contributed by atoms with Crippen molar-refractivity contribution >= 4 is 21.9 Å². The second kappa shape index (κ2) is 6.43. The van der Waals surface area contributed by atoms with Gasteiger partial charge in [-0.15, -0.1) is 0 Å². The Kier molecular flexibility index (Phi) is 4.63. The van der Waals surface area contributed by atoms with Gasteiger partial charge in [0.05, 0.1) is 17.1 Å². The van der Waals surface area contributed by atoms with Gasteiger partial charge in [-0.3, -0.25) is 0 Å². The molecule has 0 fully saturated rings. The predicted molar refractivity (Wildman–Crippen MR) is 78.4 cm³/mol. The predicted octanol–water partition coefficient (Wildman–Crippen LogP) is 3.73. The first kappa shape index (κ1) is 14.4. The normalized spacial score (nSPS) is 10.1. The standard InChI is InChI=1S/C15H13BrO4/c1-19-12-5-6-14(13(16)8-12)20-9-10-3-2-4-11(7-10)15(17)18/h2-8H,9H2,1H3,(H,17,18). The van der Waals surface area contributed by atoms with Crippen molar-refractivity contribution in [2.45, 2.75) is 6.61 Å². The van der Waals surface area contributed by atoms with Crippen LogP contribution in [0.3, 0.4) is 0 Å². The highest BCUT2D eigenvalue weighted by atomic mass is 79.9. The van der Waals surface area contributed by atoms with Gasteiger partial charge in [-0.25, -0.2) is 4.79 Å². The zero-order valence-corrected chi connectivity index (χ0v) is 12.4. The monoisotopic (exact) mass is 336 g/mol. The maximum absolute atomic E-state index is 10.9. The van der Waals surface area contributed by atoms with Gasteiger partial charge < -0.3 is 14.6 Å². The molecule has 1 N–H and O–H groups in total. The molecule has 0 aliphatic heterocycles. The van der Waals surface area contributed by atoms with Crippen molar-refractivity contribution in [2.75, 3.05) is 7.11 Å². The first-order valence-electron chi connectivity index (χ1n) is 5.88. The molecule has 0 unspecified atom stereocenters. The Bertz CT molecular complexity index is 625. The second-order valence-corrected chi connectivity index (χ2v) is 4.94. The SMILES string of the molecule is COc1ccc(OCc2cccc(C(=O)O)c2)c(Br)c1. The van der Waals surface area contributed by atoms with Gasteiger partial charge in [0.1, 0.15) is 18.1 Å². The molecule has 0 atom stereocenters. The Morgan fingerprint density at radius 3 is 2.70 bits per heavy atom. The maximum atomic E-state index is 10.9. The number of carbonyl (C=O) groups is 1. The van der Waals surface area contributed by atoms with E-state index in [1.165, 1.54) is 0 Å². The molecular weight excluding hydrogens is 324 g/mol. The second-order valence-electron chi connectivity index (χ2n) is 4.09. The van der Waals surface area contributed by atoms with Crippen LogP contribution in [0.5, 0.6) is 11.5 Å². The summed E-state index contributed by atoms with van der Waals surface area (Å²) in [6.07, 6.45) is 0. The van der Waals surface area contributed by atoms with Crippen molar-refractivity contribution < 1.29 is 19.4 Å². The van der Waals surface area contributed by atoms with Crippen molar-refractivity contribution in [2.24, 2.45) is 0 Å². The van der Waals surface area contributed by atoms with E-state index in [0.717, 1.165) is 15.8 Å². The van der Waals surface area contributed by atoms with Crippen molar-refractivity contribution in [1.29, 1.82) is 0 Å². The summed E-state index contributed by atoms with van der Waals surface area (Å²) >= 11 is 3.40. The quantitative estimate of drug-likeness (QED) is 0.903. The fraction of sp³-hybridized carbons (Fsp3) is 0.133. The van der Waals surface area contributed by atoms with E-state index in [0.29, 0.717) is 12.4 Å². The smallest absolute Gasteiger partial charge is 0.335 e. The van der Waals surface area contributed by atoms with E-state index < -0.39 is 5.97 Å². The van der Waals surface area contributed by atoms with Gasteiger partial charge in [0.25, 0.3) is 0 Å². The Hall–Kier alpha value is -2.01. The average Bonchev–Trinajstić information content (AvgIpc) is 2.46. The Morgan fingerprint density at radius 2 is 2.05 bits per heavy atom. The highest BCUT2D eigenvalue weighted by Gasteiger charge is 2.06. The number of rotatable bonds is 5. The molecule has 0 spiro atoms. The zero-order valence-electron chi connectivity index (χ0n) is 10.8. The van der Waals surface area contributed by atoms with Crippen LogP contribution in [-0.4, -0.2) is 18.2 Å². The number of halogens is 1. The lowest BCUT2D eigenvalue weighted by Crippen LogP contribution is -2.00. The third-order valence-corrected chi connectivity index (χ3v) is 3.33. The van der Waals surface area contributed by atoms with E-state index in [9.17, 15) is 4.79 Å². The van der Waals surface area contributed by atoms with E-state index >= 15 is 0 Å². The summed E-state index contributed by atoms with van der Waals surface area (Å²) in [5, 5.41) is 8.93. The molecular formula is C15H13BrO4. The number of carboxylic acids is 1. The van der Waals surface area contributed by atoms with Crippen molar-refractivity contribution in [3.8, 4) is 11.5 Å². The molecule has 0 aliphatic rings. The molecule has 0 amide bonds. The van der Waals surface area contributed by atoms with Crippen molar-refractivity contribution in [1.82, 2.24) is 0 Å². The fourth-order valence-electron chi connectivity index (χ4n) is 1.68. The molecule has 0 aromatic heterocycles. The van der Waals surface area contributed by atoms with E-state index in [1.54, 1.807) is 37.4 Å². The highest BCUT2D eigenvalue weighted by Crippen LogP contribution is 2.29. The number of methoxy groups -OCH3 is 1. The van der Waals surface area contributed by atoms with Gasteiger partial charge >= 0.3 is 5.97 Å². The third-order valence-electron chi connectivity index (χ3n) is 2.71. The van der Waals surface area contributed by atoms with Crippen molar-refractivity contribution in [3.05, 3.63) is 58.1 Å². The molecule has 0 saturated heterocycles. The van der Waals surface area contributed by atoms with Crippen LogP contribution in [-0.2, 0) is 6.61 Å². The topological polar surface area (TPSA) is 55.8 Å². The molecule has 0 saturated carbocycles. The Morgan fingerprint density at radius 1 is 1.25 bits per heavy atom. The molecule has 0 heterocycles. The van der Waals surface area contributed by atoms with E-state index in [1.807, 2.05) is 12.1 Å². The van der Waals surface area contributed by atoms with Gasteiger partial charge in [-0.05, 0) is 51.8 Å². The molecule has 0 aliphatic carbocycles. The average molecular weight is 337 g/mol. The minimum Gasteiger partial charge on any atom is -0.497 e. The third kappa shape index (κ3) is 3.51. The zero-order chi connectivity index (χ0) is 14.5. The number of ether oxygens (including phenoxy) is 2. The van der Waals surface area contributed by atoms with Crippen LogP contribution in [0.1, 0.15) is 15.9 Å². The van der Waals surface area contributed by atoms with Crippen LogP contribution in [0, 0.1) is 0 Å². The molecule has 4 nitrogen and oxygen atoms in total. The summed E-state index contributed by atoms with van der Waals surface area (Å²) in [5.74, 6) is 0.459. The summed E-state index contributed by atoms with van der Waals surface area (Å²) in [6.45, 7) is 0.298. The molecule has 2 rings (SSSR count). The lowest BCUT2D eigenvalue weighted by molar-refractivity contribution is 0.0696. The van der Waals surface area contributed by atoms with Crippen LogP contribution < -0.4 is 9.47 Å². The van der Waals surface area contributed by atoms with Crippen LogP contribution >= 0.6 is 15.9 Å². The Labute approximate surface area is 125 Å². The van der Waals surface area contributed by atoms with Crippen LogP contribution in [0.25, 0.3) is 0 Å². The first-order valence-corrected chi connectivity index (χ1v) is 6.68. The molecule has 20 heavy (non-hydrogen) atoms. The number of aromatic carboxylic acids is 1. The van der Waals surface area contributed by atoms with Gasteiger partial charge in [0.15, 0.2) is 0 Å². The van der Waals surface area contributed by atoms with Gasteiger partial charge in [0, 0.05) is 0 Å². The highest BCUT2D eigenvalue weighted by molar-refractivity contribution is 9.10. The lowest BCUT2D eigenvalue weighted by Gasteiger charge is -2.10. The van der Waals surface area contributed by atoms with Crippen LogP contribution in [0.2, 0.25) is 0 Å². The summed E-state index contributed by atoms with van der Waals surface area (Å²) in [5.41, 5.74) is 1.05. The number of benzene rings is 2. The molecule has 0 bridgehead atoms. The lowest BCUT2D eigenvalue weighted by atomic mass is 10.1. The van der Waals surface area contributed by atoms with Crippen LogP contribution in [0.15, 0.2) is 46.9 Å². The number of carboxylic acid groups (broad SMARTS) is 1. The van der Waals surface area contributed by atoms with E-state index in [4.69, 9.17) is 14.6 Å². The van der Waals surface area contributed by atoms with Gasteiger partial charge in [-0.1, -0.05) is 12.1 Å². The minimum atomic E-state index is -0.947. The van der Waals surface area contributed by atoms with Gasteiger partial charge in [0.2, 0.25) is 0 Å². The largest absolute Gasteiger partial charge is 0.497 e. The first-order chi connectivity index (χ1) is 9.60. The fourth-order valence-corrected chi connectivity index (χ4v) is 2.15. The number of hydrogen-bond donors (Lipinski definition) is 1. The summed E-state index contributed by atoms with van der Waals surface area (Å²) in [4.78, 5) is 10.9. The molecule has 0 radical (unpaired) electrons. The van der Waals surface area contributed by atoms with Crippen LogP contribution in [0.4, 0.5) is 0 Å². The van der Waals surface area contributed by atoms with E-state index in [-0.39, 0.29) is 5.56 Å².